The summed E-state index contributed by atoms with van der Waals surface area (Å²) in [7, 11) is -3.82. The molecular weight excluding hydrogens is 408 g/mol. The summed E-state index contributed by atoms with van der Waals surface area (Å²) in [4.78, 5) is 12.4. The highest BCUT2D eigenvalue weighted by Crippen LogP contribution is 2.24. The maximum atomic E-state index is 12.7. The quantitative estimate of drug-likeness (QED) is 0.554. The summed E-state index contributed by atoms with van der Waals surface area (Å²) < 4.78 is 27.9. The van der Waals surface area contributed by atoms with Crippen molar-refractivity contribution in [3.63, 3.8) is 0 Å². The third-order valence-electron chi connectivity index (χ3n) is 4.35. The maximum absolute atomic E-state index is 12.7. The SMILES string of the molecule is Cc1ccc(S(=O)(=O)Nc2cccc(Cl)c2)cc1NC(=O)CCc1ccccc1. The molecule has 0 bridgehead atoms. The minimum absolute atomic E-state index is 0.0569. The third kappa shape index (κ3) is 5.82. The molecule has 0 aromatic heterocycles. The number of sulfonamides is 1. The molecule has 0 aliphatic carbocycles. The Morgan fingerprint density at radius 1 is 0.966 bits per heavy atom. The summed E-state index contributed by atoms with van der Waals surface area (Å²) in [6.45, 7) is 1.81. The van der Waals surface area contributed by atoms with Gasteiger partial charge in [-0.2, -0.15) is 0 Å². The first-order chi connectivity index (χ1) is 13.8. The Morgan fingerprint density at radius 3 is 2.45 bits per heavy atom. The first-order valence-electron chi connectivity index (χ1n) is 9.06. The van der Waals surface area contributed by atoms with Gasteiger partial charge in [-0.15, -0.1) is 0 Å². The van der Waals surface area contributed by atoms with Crippen molar-refractivity contribution < 1.29 is 13.2 Å². The fraction of sp³-hybridized carbons (Fsp3) is 0.136. The fourth-order valence-electron chi connectivity index (χ4n) is 2.78. The van der Waals surface area contributed by atoms with E-state index in [0.29, 0.717) is 29.2 Å². The lowest BCUT2D eigenvalue weighted by molar-refractivity contribution is -0.116. The maximum Gasteiger partial charge on any atom is 0.261 e. The number of rotatable bonds is 7. The van der Waals surface area contributed by atoms with Crippen LogP contribution in [0.4, 0.5) is 11.4 Å². The van der Waals surface area contributed by atoms with Crippen LogP contribution in [0.1, 0.15) is 17.5 Å². The highest BCUT2D eigenvalue weighted by Gasteiger charge is 2.17. The van der Waals surface area contributed by atoms with E-state index in [-0.39, 0.29) is 10.8 Å². The number of halogens is 1. The lowest BCUT2D eigenvalue weighted by Gasteiger charge is -2.13. The second-order valence-corrected chi connectivity index (χ2v) is 8.75. The van der Waals surface area contributed by atoms with Gasteiger partial charge in [0, 0.05) is 17.1 Å². The van der Waals surface area contributed by atoms with Crippen LogP contribution in [0.3, 0.4) is 0 Å². The molecule has 5 nitrogen and oxygen atoms in total. The molecule has 0 aliphatic rings. The smallest absolute Gasteiger partial charge is 0.261 e. The molecule has 2 N–H and O–H groups in total. The van der Waals surface area contributed by atoms with Gasteiger partial charge in [0.2, 0.25) is 5.91 Å². The van der Waals surface area contributed by atoms with Crippen molar-refractivity contribution in [3.8, 4) is 0 Å². The summed E-state index contributed by atoms with van der Waals surface area (Å²) in [5, 5.41) is 3.24. The zero-order chi connectivity index (χ0) is 20.9. The van der Waals surface area contributed by atoms with Crippen LogP contribution in [0.2, 0.25) is 5.02 Å². The molecule has 7 heteroatoms. The molecule has 0 spiro atoms. The van der Waals surface area contributed by atoms with Crippen LogP contribution in [0.5, 0.6) is 0 Å². The number of carbonyl (C=O) groups excluding carboxylic acids is 1. The van der Waals surface area contributed by atoms with E-state index in [1.165, 1.54) is 18.2 Å². The van der Waals surface area contributed by atoms with Gasteiger partial charge >= 0.3 is 0 Å². The Balaban J connectivity index is 1.72. The molecule has 3 aromatic rings. The Bertz CT molecular complexity index is 1120. The number of carbonyl (C=O) groups is 1. The summed E-state index contributed by atoms with van der Waals surface area (Å²) in [6.07, 6.45) is 0.918. The highest BCUT2D eigenvalue weighted by atomic mass is 35.5. The third-order valence-corrected chi connectivity index (χ3v) is 5.97. The average molecular weight is 429 g/mol. The largest absolute Gasteiger partial charge is 0.326 e. The summed E-state index contributed by atoms with van der Waals surface area (Å²) in [5.41, 5.74) is 2.68. The van der Waals surface area contributed by atoms with Crippen LogP contribution >= 0.6 is 11.6 Å². The van der Waals surface area contributed by atoms with Crippen molar-refractivity contribution in [1.82, 2.24) is 0 Å². The van der Waals surface area contributed by atoms with Crippen molar-refractivity contribution in [1.29, 1.82) is 0 Å². The predicted octanol–water partition coefficient (Wildman–Crippen LogP) is 5.02. The second kappa shape index (κ2) is 9.11. The van der Waals surface area contributed by atoms with Crippen LogP contribution in [0.15, 0.2) is 77.7 Å². The Hall–Kier alpha value is -2.83. The van der Waals surface area contributed by atoms with Crippen LogP contribution in [0, 0.1) is 6.92 Å². The van der Waals surface area contributed by atoms with E-state index in [1.807, 2.05) is 37.3 Å². The van der Waals surface area contributed by atoms with Crippen molar-refractivity contribution in [2.24, 2.45) is 0 Å². The number of nitrogens with one attached hydrogen (secondary N) is 2. The minimum atomic E-state index is -3.82. The molecule has 0 radical (unpaired) electrons. The van der Waals surface area contributed by atoms with Gasteiger partial charge in [-0.05, 0) is 54.8 Å². The molecule has 29 heavy (non-hydrogen) atoms. The number of amides is 1. The standard InChI is InChI=1S/C22H21ClN2O3S/c1-16-10-12-20(29(27,28)25-19-9-5-8-18(23)14-19)15-21(16)24-22(26)13-11-17-6-3-2-4-7-17/h2-10,12,14-15,25H,11,13H2,1H3,(H,24,26). The van der Waals surface area contributed by atoms with E-state index in [0.717, 1.165) is 11.1 Å². The molecular formula is C22H21ClN2O3S. The molecule has 0 saturated carbocycles. The van der Waals surface area contributed by atoms with Gasteiger partial charge in [-0.3, -0.25) is 9.52 Å². The van der Waals surface area contributed by atoms with Gasteiger partial charge in [-0.1, -0.05) is 54.1 Å². The molecule has 0 heterocycles. The van der Waals surface area contributed by atoms with Crippen molar-refractivity contribution in [3.05, 3.63) is 88.9 Å². The number of aryl methyl sites for hydroxylation is 2. The van der Waals surface area contributed by atoms with E-state index in [9.17, 15) is 13.2 Å². The first-order valence-corrected chi connectivity index (χ1v) is 10.9. The lowest BCUT2D eigenvalue weighted by Crippen LogP contribution is -2.16. The van der Waals surface area contributed by atoms with Gasteiger partial charge in [0.1, 0.15) is 0 Å². The summed E-state index contributed by atoms with van der Waals surface area (Å²) in [5.74, 6) is -0.172. The minimum Gasteiger partial charge on any atom is -0.326 e. The fourth-order valence-corrected chi connectivity index (χ4v) is 4.05. The monoisotopic (exact) mass is 428 g/mol. The molecule has 3 rings (SSSR count). The lowest BCUT2D eigenvalue weighted by atomic mass is 10.1. The summed E-state index contributed by atoms with van der Waals surface area (Å²) >= 11 is 5.91. The van der Waals surface area contributed by atoms with Gasteiger partial charge < -0.3 is 5.32 Å². The van der Waals surface area contributed by atoms with Crippen molar-refractivity contribution in [2.75, 3.05) is 10.0 Å². The molecule has 0 aliphatic heterocycles. The number of anilines is 2. The van der Waals surface area contributed by atoms with E-state index >= 15 is 0 Å². The van der Waals surface area contributed by atoms with E-state index in [4.69, 9.17) is 11.6 Å². The van der Waals surface area contributed by atoms with Crippen LogP contribution in [0.25, 0.3) is 0 Å². The van der Waals surface area contributed by atoms with Crippen molar-refractivity contribution >= 4 is 38.9 Å². The van der Waals surface area contributed by atoms with Gasteiger partial charge in [0.05, 0.1) is 10.6 Å². The van der Waals surface area contributed by atoms with Crippen LogP contribution in [-0.4, -0.2) is 14.3 Å². The number of hydrogen-bond acceptors (Lipinski definition) is 3. The second-order valence-electron chi connectivity index (χ2n) is 6.63. The molecule has 1 amide bonds. The van der Waals surface area contributed by atoms with Gasteiger partial charge in [0.25, 0.3) is 10.0 Å². The first kappa shape index (κ1) is 20.9. The summed E-state index contributed by atoms with van der Waals surface area (Å²) in [6, 6.07) is 20.8. The van der Waals surface area contributed by atoms with E-state index in [1.54, 1.807) is 24.3 Å². The highest BCUT2D eigenvalue weighted by molar-refractivity contribution is 7.92. The normalized spacial score (nSPS) is 11.1. The van der Waals surface area contributed by atoms with Crippen molar-refractivity contribution in [2.45, 2.75) is 24.7 Å². The Morgan fingerprint density at radius 2 is 1.72 bits per heavy atom. The Kier molecular flexibility index (Phi) is 6.56. The van der Waals surface area contributed by atoms with E-state index in [2.05, 4.69) is 10.0 Å². The molecule has 0 unspecified atom stereocenters. The van der Waals surface area contributed by atoms with Crippen LogP contribution in [-0.2, 0) is 21.2 Å². The molecule has 3 aromatic carbocycles. The van der Waals surface area contributed by atoms with Crippen LogP contribution < -0.4 is 10.0 Å². The van der Waals surface area contributed by atoms with Gasteiger partial charge in [-0.25, -0.2) is 8.42 Å². The number of benzene rings is 3. The Labute approximate surface area is 175 Å². The molecule has 150 valence electrons. The zero-order valence-electron chi connectivity index (χ0n) is 15.9. The number of hydrogen-bond donors (Lipinski definition) is 2. The van der Waals surface area contributed by atoms with E-state index < -0.39 is 10.0 Å². The molecule has 0 atom stereocenters. The molecule has 0 fully saturated rings. The zero-order valence-corrected chi connectivity index (χ0v) is 17.4. The molecule has 0 saturated heterocycles. The topological polar surface area (TPSA) is 75.3 Å². The van der Waals surface area contributed by atoms with Gasteiger partial charge in [0.15, 0.2) is 0 Å². The predicted molar refractivity (Wildman–Crippen MR) is 117 cm³/mol. The average Bonchev–Trinajstić information content (AvgIpc) is 2.68.